The molecule has 0 atom stereocenters. The summed E-state index contributed by atoms with van der Waals surface area (Å²) in [4.78, 5) is 26.1. The molecule has 7 heteroatoms. The molecular weight excluding hydrogens is 795 g/mol. The average Bonchev–Trinajstić information content (AvgIpc) is 3.96. The van der Waals surface area contributed by atoms with E-state index in [-0.39, 0.29) is 0 Å². The quantitative estimate of drug-likeness (QED) is 0.152. The maximum atomic E-state index is 5.27. The van der Waals surface area contributed by atoms with Crippen LogP contribution in [-0.4, -0.2) is 34.1 Å². The third-order valence-electron chi connectivity index (χ3n) is 12.4. The molecule has 0 aliphatic heterocycles. The number of benzene rings is 9. The molecule has 3 aromatic heterocycles. The highest BCUT2D eigenvalue weighted by molar-refractivity contribution is 6.04. The smallest absolute Gasteiger partial charge is 0.164 e. The van der Waals surface area contributed by atoms with Crippen LogP contribution in [0.5, 0.6) is 0 Å². The standard InChI is InChI=1S/C58H41N7/c1-37(2)38-24-26-40(27-25-38)54-61-55(41-28-30-42(31-29-41)57-59-50-20-10-13-23-53(50)65(57)45-33-32-39-14-6-7-15-43(39)36-45)63-56(62-54)48-34-35-49(47-19-9-8-18-46(47)48)58-60-51-21-11-12-22-52(51)64(58)44-16-4-3-5-17-44/h3-37H,1-2H3. The third kappa shape index (κ3) is 6.73. The number of para-hydroxylation sites is 5. The van der Waals surface area contributed by atoms with Gasteiger partial charge >= 0.3 is 0 Å². The van der Waals surface area contributed by atoms with E-state index in [0.717, 1.165) is 83.7 Å². The predicted octanol–water partition coefficient (Wildman–Crippen LogP) is 14.3. The van der Waals surface area contributed by atoms with Crippen LogP contribution in [0.25, 0.3) is 112 Å². The summed E-state index contributed by atoms with van der Waals surface area (Å²) in [5.41, 5.74) is 12.1. The summed E-state index contributed by atoms with van der Waals surface area (Å²) in [7, 11) is 0. The summed E-state index contributed by atoms with van der Waals surface area (Å²) >= 11 is 0. The predicted molar refractivity (Wildman–Crippen MR) is 265 cm³/mol. The van der Waals surface area contributed by atoms with E-state index < -0.39 is 0 Å². The second-order valence-electron chi connectivity index (χ2n) is 16.8. The molecule has 12 rings (SSSR count). The van der Waals surface area contributed by atoms with Gasteiger partial charge in [0.1, 0.15) is 11.6 Å². The van der Waals surface area contributed by atoms with E-state index >= 15 is 0 Å². The SMILES string of the molecule is CC(C)c1ccc(-c2nc(-c3ccc(-c4nc5ccccc5n4-c4ccc5ccccc5c4)cc3)nc(-c3ccc(-c4nc5ccccc5n4-c4ccccc4)c4ccccc34)n2)cc1. The normalized spacial score (nSPS) is 11.7. The van der Waals surface area contributed by atoms with Crippen molar-refractivity contribution >= 4 is 43.6 Å². The first kappa shape index (κ1) is 38.2. The van der Waals surface area contributed by atoms with Crippen LogP contribution in [0.1, 0.15) is 25.3 Å². The molecule has 0 N–H and O–H groups in total. The van der Waals surface area contributed by atoms with Gasteiger partial charge < -0.3 is 0 Å². The Labute approximate surface area is 376 Å². The van der Waals surface area contributed by atoms with Crippen LogP contribution in [0, 0.1) is 0 Å². The Morgan fingerprint density at radius 2 is 0.862 bits per heavy atom. The maximum Gasteiger partial charge on any atom is 0.164 e. The lowest BCUT2D eigenvalue weighted by Gasteiger charge is -2.15. The minimum absolute atomic E-state index is 0.404. The van der Waals surface area contributed by atoms with Crippen LogP contribution < -0.4 is 0 Å². The molecule has 0 saturated heterocycles. The Kier molecular flexibility index (Phi) is 9.19. The van der Waals surface area contributed by atoms with Crippen LogP contribution in [-0.2, 0) is 0 Å². The van der Waals surface area contributed by atoms with E-state index in [9.17, 15) is 0 Å². The van der Waals surface area contributed by atoms with Crippen molar-refractivity contribution in [1.82, 2.24) is 34.1 Å². The molecule has 9 aromatic carbocycles. The number of aromatic nitrogens is 7. The van der Waals surface area contributed by atoms with E-state index in [1.807, 2.05) is 18.2 Å². The topological polar surface area (TPSA) is 74.3 Å². The van der Waals surface area contributed by atoms with Gasteiger partial charge in [0.2, 0.25) is 0 Å². The molecule has 0 unspecified atom stereocenters. The Bertz CT molecular complexity index is 3730. The largest absolute Gasteiger partial charge is 0.292 e. The van der Waals surface area contributed by atoms with E-state index in [0.29, 0.717) is 23.4 Å². The van der Waals surface area contributed by atoms with Crippen molar-refractivity contribution in [2.75, 3.05) is 0 Å². The molecule has 0 bridgehead atoms. The third-order valence-corrected chi connectivity index (χ3v) is 12.4. The fourth-order valence-corrected chi connectivity index (χ4v) is 9.07. The molecule has 0 saturated carbocycles. The zero-order chi connectivity index (χ0) is 43.4. The molecule has 0 fully saturated rings. The molecule has 308 valence electrons. The van der Waals surface area contributed by atoms with Crippen LogP contribution >= 0.6 is 0 Å². The van der Waals surface area contributed by atoms with Gasteiger partial charge in [-0.05, 0) is 93.7 Å². The minimum Gasteiger partial charge on any atom is -0.292 e. The molecule has 0 aliphatic rings. The number of nitrogens with zero attached hydrogens (tertiary/aromatic N) is 7. The molecule has 0 amide bonds. The molecule has 12 aromatic rings. The highest BCUT2D eigenvalue weighted by Gasteiger charge is 2.21. The Hall–Kier alpha value is -8.55. The average molecular weight is 836 g/mol. The van der Waals surface area contributed by atoms with Gasteiger partial charge in [0, 0.05) is 39.2 Å². The van der Waals surface area contributed by atoms with Crippen LogP contribution in [0.15, 0.2) is 206 Å². The van der Waals surface area contributed by atoms with Crippen molar-refractivity contribution < 1.29 is 0 Å². The van der Waals surface area contributed by atoms with Gasteiger partial charge in [-0.25, -0.2) is 24.9 Å². The Balaban J connectivity index is 1.00. The molecule has 3 heterocycles. The van der Waals surface area contributed by atoms with E-state index in [2.05, 4.69) is 211 Å². The van der Waals surface area contributed by atoms with Crippen LogP contribution in [0.4, 0.5) is 0 Å². The highest BCUT2D eigenvalue weighted by Crippen LogP contribution is 2.38. The van der Waals surface area contributed by atoms with Crippen molar-refractivity contribution in [3.05, 3.63) is 212 Å². The molecular formula is C58H41N7. The fourth-order valence-electron chi connectivity index (χ4n) is 9.07. The summed E-state index contributed by atoms with van der Waals surface area (Å²) in [6.07, 6.45) is 0. The molecule has 7 nitrogen and oxygen atoms in total. The zero-order valence-corrected chi connectivity index (χ0v) is 35.8. The van der Waals surface area contributed by atoms with Crippen LogP contribution in [0.3, 0.4) is 0 Å². The maximum absolute atomic E-state index is 5.27. The number of hydrogen-bond donors (Lipinski definition) is 0. The van der Waals surface area contributed by atoms with Crippen molar-refractivity contribution in [2.45, 2.75) is 19.8 Å². The fraction of sp³-hybridized carbons (Fsp3) is 0.0517. The lowest BCUT2D eigenvalue weighted by molar-refractivity contribution is 0.867. The summed E-state index contributed by atoms with van der Waals surface area (Å²) in [6.45, 7) is 4.41. The van der Waals surface area contributed by atoms with Gasteiger partial charge in [-0.1, -0.05) is 159 Å². The summed E-state index contributed by atoms with van der Waals surface area (Å²) < 4.78 is 4.50. The zero-order valence-electron chi connectivity index (χ0n) is 35.8. The summed E-state index contributed by atoms with van der Waals surface area (Å²) in [5, 5.41) is 4.46. The van der Waals surface area contributed by atoms with Gasteiger partial charge in [-0.3, -0.25) is 9.13 Å². The lowest BCUT2D eigenvalue weighted by atomic mass is 9.98. The number of hydrogen-bond acceptors (Lipinski definition) is 5. The van der Waals surface area contributed by atoms with Crippen molar-refractivity contribution in [3.63, 3.8) is 0 Å². The van der Waals surface area contributed by atoms with Gasteiger partial charge in [-0.2, -0.15) is 0 Å². The van der Waals surface area contributed by atoms with E-state index in [4.69, 9.17) is 24.9 Å². The first-order chi connectivity index (χ1) is 32.0. The second-order valence-corrected chi connectivity index (χ2v) is 16.8. The molecule has 0 spiro atoms. The minimum atomic E-state index is 0.404. The second kappa shape index (κ2) is 15.7. The van der Waals surface area contributed by atoms with Gasteiger partial charge in [-0.15, -0.1) is 0 Å². The van der Waals surface area contributed by atoms with E-state index in [1.54, 1.807) is 0 Å². The first-order valence-electron chi connectivity index (χ1n) is 22.0. The van der Waals surface area contributed by atoms with Gasteiger partial charge in [0.05, 0.1) is 22.1 Å². The van der Waals surface area contributed by atoms with Crippen LogP contribution in [0.2, 0.25) is 0 Å². The lowest BCUT2D eigenvalue weighted by Crippen LogP contribution is -2.02. The van der Waals surface area contributed by atoms with Gasteiger partial charge in [0.15, 0.2) is 17.5 Å². The Morgan fingerprint density at radius 1 is 0.354 bits per heavy atom. The van der Waals surface area contributed by atoms with E-state index in [1.165, 1.54) is 16.3 Å². The number of fused-ring (bicyclic) bond motifs is 4. The van der Waals surface area contributed by atoms with Crippen molar-refractivity contribution in [2.24, 2.45) is 0 Å². The van der Waals surface area contributed by atoms with Gasteiger partial charge in [0.25, 0.3) is 0 Å². The highest BCUT2D eigenvalue weighted by atomic mass is 15.1. The van der Waals surface area contributed by atoms with Crippen molar-refractivity contribution in [3.8, 4) is 68.3 Å². The summed E-state index contributed by atoms with van der Waals surface area (Å²) in [6, 6.07) is 71.9. The monoisotopic (exact) mass is 835 g/mol. The van der Waals surface area contributed by atoms with Crippen molar-refractivity contribution in [1.29, 1.82) is 0 Å². The molecule has 65 heavy (non-hydrogen) atoms. The number of rotatable bonds is 8. The first-order valence-corrected chi connectivity index (χ1v) is 22.0. The molecule has 0 aliphatic carbocycles. The molecule has 0 radical (unpaired) electrons. The number of imidazole rings is 2. The summed E-state index contributed by atoms with van der Waals surface area (Å²) in [5.74, 6) is 3.94. The Morgan fingerprint density at radius 3 is 1.54 bits per heavy atom.